The fourth-order valence-corrected chi connectivity index (χ4v) is 1.63. The average Bonchev–Trinajstić information content (AvgIpc) is 2.68. The molecule has 1 fully saturated rings. The van der Waals surface area contributed by atoms with Gasteiger partial charge in [-0.1, -0.05) is 18.8 Å². The van der Waals surface area contributed by atoms with Crippen LogP contribution in [-0.4, -0.2) is 36.6 Å². The fourth-order valence-electron chi connectivity index (χ4n) is 1.63. The Hall–Kier alpha value is -1.01. The lowest BCUT2D eigenvalue weighted by atomic mass is 10.3. The van der Waals surface area contributed by atoms with Gasteiger partial charge in [-0.15, -0.1) is 0 Å². The minimum Gasteiger partial charge on any atom is -0.449 e. The lowest BCUT2D eigenvalue weighted by Gasteiger charge is -2.10. The number of rotatable bonds is 3. The molecule has 1 saturated heterocycles. The van der Waals surface area contributed by atoms with Crippen LogP contribution in [0, 0.1) is 11.8 Å². The molecule has 0 aromatic heterocycles. The molecular weight excluding hydrogens is 190 g/mol. The Kier molecular flexibility index (Phi) is 5.20. The predicted molar refractivity (Wildman–Crippen MR) is 59.3 cm³/mol. The van der Waals surface area contributed by atoms with Gasteiger partial charge >= 0.3 is 5.97 Å². The molecule has 0 saturated carbocycles. The lowest BCUT2D eigenvalue weighted by Crippen LogP contribution is -2.20. The largest absolute Gasteiger partial charge is 0.449 e. The van der Waals surface area contributed by atoms with Crippen LogP contribution < -0.4 is 0 Å². The van der Waals surface area contributed by atoms with E-state index in [1.165, 1.54) is 19.8 Å². The molecule has 0 spiro atoms. The second kappa shape index (κ2) is 6.47. The molecule has 1 rings (SSSR count). The van der Waals surface area contributed by atoms with Gasteiger partial charge in [0.15, 0.2) is 6.10 Å². The van der Waals surface area contributed by atoms with Crippen LogP contribution in [-0.2, 0) is 9.53 Å². The van der Waals surface area contributed by atoms with E-state index in [-0.39, 0.29) is 12.1 Å². The van der Waals surface area contributed by atoms with Gasteiger partial charge in [0.05, 0.1) is 6.54 Å². The van der Waals surface area contributed by atoms with Gasteiger partial charge in [0.1, 0.15) is 0 Å². The van der Waals surface area contributed by atoms with Gasteiger partial charge in [-0.3, -0.25) is 9.69 Å². The highest BCUT2D eigenvalue weighted by Crippen LogP contribution is 2.05. The van der Waals surface area contributed by atoms with E-state index in [9.17, 15) is 4.79 Å². The van der Waals surface area contributed by atoms with E-state index >= 15 is 0 Å². The highest BCUT2D eigenvalue weighted by Gasteiger charge is 2.09. The van der Waals surface area contributed by atoms with Crippen LogP contribution in [0.5, 0.6) is 0 Å². The summed E-state index contributed by atoms with van der Waals surface area (Å²) in [6.07, 6.45) is 3.09. The Labute approximate surface area is 91.8 Å². The summed E-state index contributed by atoms with van der Waals surface area (Å²) in [4.78, 5) is 13.1. The van der Waals surface area contributed by atoms with Crippen LogP contribution in [0.3, 0.4) is 0 Å². The first-order chi connectivity index (χ1) is 7.22. The van der Waals surface area contributed by atoms with Crippen molar-refractivity contribution in [1.82, 2.24) is 4.90 Å². The third-order valence-corrected chi connectivity index (χ3v) is 2.44. The molecule has 1 heterocycles. The molecule has 0 aromatic carbocycles. The Balaban J connectivity index is 2.29. The Morgan fingerprint density at radius 2 is 2.13 bits per heavy atom. The van der Waals surface area contributed by atoms with Gasteiger partial charge < -0.3 is 4.74 Å². The molecule has 0 bridgehead atoms. The average molecular weight is 209 g/mol. The Morgan fingerprint density at radius 3 is 2.67 bits per heavy atom. The summed E-state index contributed by atoms with van der Waals surface area (Å²) in [6, 6.07) is 0. The molecule has 1 atom stereocenters. The van der Waals surface area contributed by atoms with Crippen LogP contribution >= 0.6 is 0 Å². The molecule has 1 aliphatic heterocycles. The normalized spacial score (nSPS) is 18.0. The van der Waals surface area contributed by atoms with Crippen LogP contribution in [0.2, 0.25) is 0 Å². The second-order valence-corrected chi connectivity index (χ2v) is 3.81. The first-order valence-electron chi connectivity index (χ1n) is 5.60. The van der Waals surface area contributed by atoms with Crippen molar-refractivity contribution in [2.24, 2.45) is 0 Å². The summed E-state index contributed by atoms with van der Waals surface area (Å²) in [5.74, 6) is 5.82. The van der Waals surface area contributed by atoms with Crippen molar-refractivity contribution in [3.05, 3.63) is 0 Å². The molecule has 0 aromatic rings. The van der Waals surface area contributed by atoms with Gasteiger partial charge in [0.2, 0.25) is 0 Å². The molecule has 15 heavy (non-hydrogen) atoms. The number of ether oxygens (including phenoxy) is 1. The number of carbonyl (C=O) groups is 1. The molecule has 3 nitrogen and oxygen atoms in total. The van der Waals surface area contributed by atoms with Crippen molar-refractivity contribution < 1.29 is 9.53 Å². The van der Waals surface area contributed by atoms with Crippen molar-refractivity contribution in [2.75, 3.05) is 19.6 Å². The van der Waals surface area contributed by atoms with Gasteiger partial charge in [-0.25, -0.2) is 0 Å². The third kappa shape index (κ3) is 4.85. The van der Waals surface area contributed by atoms with E-state index in [2.05, 4.69) is 16.7 Å². The Bertz CT molecular complexity index is 259. The number of esters is 1. The summed E-state index contributed by atoms with van der Waals surface area (Å²) in [7, 11) is 0. The Morgan fingerprint density at radius 1 is 1.47 bits per heavy atom. The molecule has 3 heteroatoms. The molecule has 1 aliphatic rings. The number of carbonyl (C=O) groups excluding carboxylic acids is 1. The zero-order chi connectivity index (χ0) is 11.1. The van der Waals surface area contributed by atoms with Crippen LogP contribution in [0.4, 0.5) is 0 Å². The highest BCUT2D eigenvalue weighted by molar-refractivity contribution is 5.66. The number of likely N-dealkylation sites (tertiary alicyclic amines) is 1. The summed E-state index contributed by atoms with van der Waals surface area (Å²) in [5, 5.41) is 0. The number of nitrogens with zero attached hydrogens (tertiary/aromatic N) is 1. The molecule has 84 valence electrons. The monoisotopic (exact) mass is 209 g/mol. The van der Waals surface area contributed by atoms with E-state index in [1.807, 2.05) is 6.92 Å². The van der Waals surface area contributed by atoms with Crippen LogP contribution in [0.25, 0.3) is 0 Å². The highest BCUT2D eigenvalue weighted by atomic mass is 16.5. The molecule has 0 aliphatic carbocycles. The van der Waals surface area contributed by atoms with Crippen molar-refractivity contribution in [1.29, 1.82) is 0 Å². The van der Waals surface area contributed by atoms with Crippen molar-refractivity contribution in [2.45, 2.75) is 39.2 Å². The van der Waals surface area contributed by atoms with E-state index in [4.69, 9.17) is 4.74 Å². The molecule has 0 amide bonds. The first kappa shape index (κ1) is 12.1. The standard InChI is InChI=1S/C12H19NO2/c1-3-12(15-11(2)14)7-6-10-13-8-4-5-9-13/h12H,3-5,8-10H2,1-2H3/t12-/m0/s1. The molecule has 0 unspecified atom stereocenters. The molecule has 0 N–H and O–H groups in total. The van der Waals surface area contributed by atoms with Gasteiger partial charge in [-0.2, -0.15) is 0 Å². The van der Waals surface area contributed by atoms with E-state index in [0.717, 1.165) is 26.1 Å². The maximum absolute atomic E-state index is 10.7. The summed E-state index contributed by atoms with van der Waals surface area (Å²) in [6.45, 7) is 6.50. The topological polar surface area (TPSA) is 29.5 Å². The van der Waals surface area contributed by atoms with Gasteiger partial charge in [0.25, 0.3) is 0 Å². The minimum absolute atomic E-state index is 0.231. The van der Waals surface area contributed by atoms with Gasteiger partial charge in [0, 0.05) is 6.92 Å². The van der Waals surface area contributed by atoms with Crippen LogP contribution in [0.1, 0.15) is 33.1 Å². The lowest BCUT2D eigenvalue weighted by molar-refractivity contribution is -0.143. The third-order valence-electron chi connectivity index (χ3n) is 2.44. The van der Waals surface area contributed by atoms with Crippen molar-refractivity contribution in [3.63, 3.8) is 0 Å². The number of hydrogen-bond acceptors (Lipinski definition) is 3. The molecular formula is C12H19NO2. The number of hydrogen-bond donors (Lipinski definition) is 0. The van der Waals surface area contributed by atoms with E-state index in [0.29, 0.717) is 0 Å². The van der Waals surface area contributed by atoms with Gasteiger partial charge in [-0.05, 0) is 32.4 Å². The fraction of sp³-hybridized carbons (Fsp3) is 0.750. The summed E-state index contributed by atoms with van der Waals surface area (Å²) >= 11 is 0. The molecule has 0 radical (unpaired) electrons. The van der Waals surface area contributed by atoms with Crippen molar-refractivity contribution in [3.8, 4) is 11.8 Å². The first-order valence-corrected chi connectivity index (χ1v) is 5.60. The zero-order valence-electron chi connectivity index (χ0n) is 9.58. The SMILES string of the molecule is CC[C@@H](C#CCN1CCCC1)OC(C)=O. The minimum atomic E-state index is -0.252. The summed E-state index contributed by atoms with van der Waals surface area (Å²) in [5.41, 5.74) is 0. The van der Waals surface area contributed by atoms with Crippen LogP contribution in [0.15, 0.2) is 0 Å². The quantitative estimate of drug-likeness (QED) is 0.520. The second-order valence-electron chi connectivity index (χ2n) is 3.81. The maximum atomic E-state index is 10.7. The smallest absolute Gasteiger partial charge is 0.303 e. The van der Waals surface area contributed by atoms with E-state index < -0.39 is 0 Å². The predicted octanol–water partition coefficient (Wildman–Crippen LogP) is 1.43. The maximum Gasteiger partial charge on any atom is 0.303 e. The van der Waals surface area contributed by atoms with Crippen molar-refractivity contribution >= 4 is 5.97 Å². The van der Waals surface area contributed by atoms with E-state index in [1.54, 1.807) is 0 Å². The zero-order valence-corrected chi connectivity index (χ0v) is 9.58. The summed E-state index contributed by atoms with van der Waals surface area (Å²) < 4.78 is 5.03.